The number of aromatic nitrogens is 1. The van der Waals surface area contributed by atoms with E-state index < -0.39 is 12.2 Å². The van der Waals surface area contributed by atoms with E-state index in [4.69, 9.17) is 18.9 Å². The Labute approximate surface area is 299 Å². The summed E-state index contributed by atoms with van der Waals surface area (Å²) in [5.74, 6) is 2.95. The van der Waals surface area contributed by atoms with Crippen LogP contribution < -0.4 is 34.9 Å². The number of methoxy groups -OCH3 is 1. The molecule has 51 heavy (non-hydrogen) atoms. The first-order chi connectivity index (χ1) is 24.6. The Balaban J connectivity index is 0.000000211. The number of aromatic amines is 1. The van der Waals surface area contributed by atoms with E-state index in [1.807, 2.05) is 78.9 Å². The monoisotopic (exact) mass is 698 g/mol. The lowest BCUT2D eigenvalue weighted by atomic mass is 10.0. The van der Waals surface area contributed by atoms with Crippen molar-refractivity contribution in [1.29, 1.82) is 0 Å². The molecule has 0 aliphatic carbocycles. The predicted octanol–water partition coefficient (Wildman–Crippen LogP) is 5.44. The van der Waals surface area contributed by atoms with Gasteiger partial charge in [-0.3, -0.25) is 4.79 Å². The number of carbonyl (C=O) groups is 1. The molecule has 0 fully saturated rings. The van der Waals surface area contributed by atoms with Gasteiger partial charge in [0.2, 0.25) is 5.91 Å². The first kappa shape index (κ1) is 37.4. The number of hydrogen-bond acceptors (Lipinski definition) is 9. The van der Waals surface area contributed by atoms with Gasteiger partial charge in [0.1, 0.15) is 43.5 Å². The maximum atomic E-state index is 11.4. The average molecular weight is 699 g/mol. The van der Waals surface area contributed by atoms with Crippen LogP contribution >= 0.6 is 0 Å². The maximum absolute atomic E-state index is 11.4. The van der Waals surface area contributed by atoms with Crippen molar-refractivity contribution in [3.05, 3.63) is 90.5 Å². The van der Waals surface area contributed by atoms with Crippen molar-refractivity contribution >= 4 is 33.4 Å². The number of aliphatic hydroxyl groups excluding tert-OH is 2. The van der Waals surface area contributed by atoms with Crippen molar-refractivity contribution in [2.75, 3.05) is 51.9 Å². The van der Waals surface area contributed by atoms with Crippen LogP contribution in [0.4, 0.5) is 5.69 Å². The maximum Gasteiger partial charge on any atom is 0.224 e. The molecule has 2 heterocycles. The number of nitrogens with one attached hydrogen (secondary N) is 4. The molecule has 0 spiro atoms. The van der Waals surface area contributed by atoms with Crippen LogP contribution in [0.2, 0.25) is 0 Å². The summed E-state index contributed by atoms with van der Waals surface area (Å²) >= 11 is 0. The minimum Gasteiger partial charge on any atom is -0.493 e. The third kappa shape index (κ3) is 10.8. The van der Waals surface area contributed by atoms with E-state index in [-0.39, 0.29) is 24.7 Å². The van der Waals surface area contributed by atoms with E-state index in [9.17, 15) is 15.0 Å². The highest BCUT2D eigenvalue weighted by Crippen LogP contribution is 2.33. The summed E-state index contributed by atoms with van der Waals surface area (Å²) in [4.78, 5) is 14.8. The molecular formula is C40H50N4O7. The fourth-order valence-electron chi connectivity index (χ4n) is 5.67. The van der Waals surface area contributed by atoms with Crippen LogP contribution in [0.5, 0.6) is 23.0 Å². The van der Waals surface area contributed by atoms with E-state index in [1.165, 1.54) is 0 Å². The zero-order chi connectivity index (χ0) is 36.2. The Morgan fingerprint density at radius 3 is 2.18 bits per heavy atom. The number of H-pyrrole nitrogens is 1. The van der Waals surface area contributed by atoms with Gasteiger partial charge in [0, 0.05) is 59.1 Å². The fraction of sp³-hybridized carbons (Fsp3) is 0.375. The number of fused-ring (bicyclic) bond motifs is 4. The smallest absolute Gasteiger partial charge is 0.224 e. The van der Waals surface area contributed by atoms with Crippen molar-refractivity contribution in [3.63, 3.8) is 0 Å². The Bertz CT molecular complexity index is 1870. The van der Waals surface area contributed by atoms with Crippen molar-refractivity contribution in [3.8, 4) is 23.0 Å². The summed E-state index contributed by atoms with van der Waals surface area (Å²) in [5, 5.41) is 31.7. The number of para-hydroxylation sites is 3. The van der Waals surface area contributed by atoms with Gasteiger partial charge in [-0.25, -0.2) is 0 Å². The van der Waals surface area contributed by atoms with Crippen LogP contribution in [0, 0.1) is 0 Å². The quantitative estimate of drug-likeness (QED) is 0.0788. The molecule has 0 radical (unpaired) electrons. The minimum atomic E-state index is -0.628. The Hall–Kier alpha value is -4.81. The molecule has 272 valence electrons. The van der Waals surface area contributed by atoms with E-state index >= 15 is 0 Å². The van der Waals surface area contributed by atoms with E-state index in [0.717, 1.165) is 44.6 Å². The largest absolute Gasteiger partial charge is 0.493 e. The highest BCUT2D eigenvalue weighted by Gasteiger charge is 2.19. The molecule has 0 saturated carbocycles. The molecule has 1 aromatic heterocycles. The molecule has 1 aliphatic rings. The van der Waals surface area contributed by atoms with Crippen molar-refractivity contribution in [2.45, 2.75) is 51.4 Å². The Morgan fingerprint density at radius 1 is 0.745 bits per heavy atom. The molecule has 5 aromatic rings. The zero-order valence-electron chi connectivity index (χ0n) is 29.8. The normalized spacial score (nSPS) is 13.8. The number of anilines is 1. The van der Waals surface area contributed by atoms with E-state index in [0.29, 0.717) is 50.6 Å². The lowest BCUT2D eigenvalue weighted by molar-refractivity contribution is -0.116. The molecule has 0 bridgehead atoms. The summed E-state index contributed by atoms with van der Waals surface area (Å²) in [7, 11) is 1.62. The molecule has 6 N–H and O–H groups in total. The molecule has 2 atom stereocenters. The minimum absolute atomic E-state index is 0.0306. The number of amides is 1. The Morgan fingerprint density at radius 2 is 1.39 bits per heavy atom. The van der Waals surface area contributed by atoms with Crippen molar-refractivity contribution in [2.24, 2.45) is 0 Å². The number of ether oxygens (including phenoxy) is 4. The first-order valence-corrected chi connectivity index (χ1v) is 17.4. The first-order valence-electron chi connectivity index (χ1n) is 17.4. The number of hydrogen-bond donors (Lipinski definition) is 6. The summed E-state index contributed by atoms with van der Waals surface area (Å²) in [5.41, 5.74) is 3.88. The number of aliphatic hydroxyl groups is 2. The third-order valence-corrected chi connectivity index (χ3v) is 8.22. The van der Waals surface area contributed by atoms with Gasteiger partial charge in [-0.2, -0.15) is 0 Å². The summed E-state index contributed by atoms with van der Waals surface area (Å²) in [6.45, 7) is 8.57. The van der Waals surface area contributed by atoms with Crippen molar-refractivity contribution < 1.29 is 34.0 Å². The topological polar surface area (TPSA) is 146 Å². The molecule has 2 unspecified atom stereocenters. The van der Waals surface area contributed by atoms with Gasteiger partial charge in [-0.05, 0) is 69.7 Å². The van der Waals surface area contributed by atoms with E-state index in [1.54, 1.807) is 7.11 Å². The zero-order valence-corrected chi connectivity index (χ0v) is 29.8. The van der Waals surface area contributed by atoms with E-state index in [2.05, 4.69) is 47.8 Å². The second-order valence-electron chi connectivity index (χ2n) is 13.4. The van der Waals surface area contributed by atoms with Crippen LogP contribution in [0.25, 0.3) is 21.8 Å². The lowest BCUT2D eigenvalue weighted by Crippen LogP contribution is -2.42. The van der Waals surface area contributed by atoms with Gasteiger partial charge in [0.05, 0.1) is 12.6 Å². The second kappa shape index (κ2) is 17.9. The summed E-state index contributed by atoms with van der Waals surface area (Å²) < 4.78 is 22.6. The molecular weight excluding hydrogens is 648 g/mol. The lowest BCUT2D eigenvalue weighted by Gasteiger charge is -2.24. The fourth-order valence-corrected chi connectivity index (χ4v) is 5.67. The molecule has 6 rings (SSSR count). The molecule has 1 amide bonds. The van der Waals surface area contributed by atoms with Crippen LogP contribution in [-0.2, 0) is 11.2 Å². The predicted molar refractivity (Wildman–Crippen MR) is 201 cm³/mol. The van der Waals surface area contributed by atoms with Gasteiger partial charge < -0.3 is 50.1 Å². The van der Waals surface area contributed by atoms with Crippen LogP contribution in [0.1, 0.15) is 32.8 Å². The standard InChI is InChI=1S/C24H26N2O4.C16H24N2O3/c1-28-21-10-4-5-11-22(21)29-14-13-25-15-17(27)16-30-23-12-6-9-20-24(23)18-7-2-3-8-19(18)26-20;1-16(2,3)17-9-11(19)10-21-14-6-4-5-13-12(14)7-8-15(20)18-13/h2-12,17,25-27H,13-16H2,1H3;4-6,11,17,19H,7-10H2,1-3H3,(H,18,20). The second-order valence-corrected chi connectivity index (χ2v) is 13.4. The summed E-state index contributed by atoms with van der Waals surface area (Å²) in [6, 6.07) is 27.2. The number of benzene rings is 4. The van der Waals surface area contributed by atoms with Crippen molar-refractivity contribution in [1.82, 2.24) is 15.6 Å². The molecule has 1 aliphatic heterocycles. The number of carbonyl (C=O) groups excluding carboxylic acids is 1. The van der Waals surface area contributed by atoms with Gasteiger partial charge in [-0.1, -0.05) is 42.5 Å². The average Bonchev–Trinajstić information content (AvgIpc) is 3.51. The highest BCUT2D eigenvalue weighted by molar-refractivity contribution is 6.10. The number of β-amino-alcohol motifs (C(OH)–C–C–N with tert-alkyl or cyclic N) is 1. The molecule has 4 aromatic carbocycles. The molecule has 11 nitrogen and oxygen atoms in total. The molecule has 11 heteroatoms. The number of rotatable bonds is 15. The van der Waals surface area contributed by atoms with Gasteiger partial charge >= 0.3 is 0 Å². The molecule has 0 saturated heterocycles. The van der Waals surface area contributed by atoms with Crippen LogP contribution in [-0.4, -0.2) is 85.4 Å². The van der Waals surface area contributed by atoms with Gasteiger partial charge in [0.25, 0.3) is 0 Å². The summed E-state index contributed by atoms with van der Waals surface area (Å²) in [6.07, 6.45) is -0.0511. The van der Waals surface area contributed by atoms with Gasteiger partial charge in [-0.15, -0.1) is 0 Å². The Kier molecular flexibility index (Phi) is 13.2. The van der Waals surface area contributed by atoms with Crippen LogP contribution in [0.3, 0.4) is 0 Å². The van der Waals surface area contributed by atoms with Crippen LogP contribution in [0.15, 0.2) is 84.9 Å². The highest BCUT2D eigenvalue weighted by atomic mass is 16.5. The SMILES string of the molecule is CC(C)(C)NCC(O)COc1cccc2c1CCC(=O)N2.COc1ccccc1OCCNCC(O)COc1cccc2[nH]c3ccccc3c12. The third-order valence-electron chi connectivity index (χ3n) is 8.22. The van der Waals surface area contributed by atoms with Gasteiger partial charge in [0.15, 0.2) is 11.5 Å².